The number of benzene rings is 1. The van der Waals surface area contributed by atoms with E-state index in [0.717, 1.165) is 11.1 Å². The summed E-state index contributed by atoms with van der Waals surface area (Å²) in [5.74, 6) is -1.07. The first-order valence-corrected chi connectivity index (χ1v) is 6.97. The molecule has 0 radical (unpaired) electrons. The minimum Gasteiger partial charge on any atom is -0.466 e. The minimum absolute atomic E-state index is 0.307. The van der Waals surface area contributed by atoms with Crippen LogP contribution in [0.5, 0.6) is 0 Å². The van der Waals surface area contributed by atoms with Gasteiger partial charge in [0.15, 0.2) is 0 Å². The lowest BCUT2D eigenvalue weighted by Gasteiger charge is -2.16. The maximum Gasteiger partial charge on any atom is 0.317 e. The second-order valence-electron chi connectivity index (χ2n) is 5.07. The highest BCUT2D eigenvalue weighted by atomic mass is 16.5. The lowest BCUT2D eigenvalue weighted by molar-refractivity contribution is -0.152. The number of aryl methyl sites for hydroxylation is 1. The zero-order chi connectivity index (χ0) is 14.8. The van der Waals surface area contributed by atoms with E-state index in [1.54, 1.807) is 13.8 Å². The first kappa shape index (κ1) is 14.6. The second kappa shape index (κ2) is 5.65. The molecule has 4 nitrogen and oxygen atoms in total. The van der Waals surface area contributed by atoms with E-state index in [2.05, 4.69) is 0 Å². The van der Waals surface area contributed by atoms with Gasteiger partial charge in [0.05, 0.1) is 19.1 Å². The van der Waals surface area contributed by atoms with Crippen LogP contribution in [-0.2, 0) is 24.5 Å². The summed E-state index contributed by atoms with van der Waals surface area (Å²) >= 11 is 0. The Morgan fingerprint density at radius 2 is 1.95 bits per heavy atom. The third kappa shape index (κ3) is 2.42. The number of carbonyl (C=O) groups is 2. The molecule has 1 aliphatic carbocycles. The summed E-state index contributed by atoms with van der Waals surface area (Å²) in [6.07, 6.45) is 0.466. The molecule has 0 bridgehead atoms. The van der Waals surface area contributed by atoms with E-state index in [1.165, 1.54) is 0 Å². The summed E-state index contributed by atoms with van der Waals surface area (Å²) in [4.78, 5) is 24.3. The highest BCUT2D eigenvalue weighted by molar-refractivity contribution is 5.96. The average Bonchev–Trinajstić information content (AvgIpc) is 3.16. The van der Waals surface area contributed by atoms with Gasteiger partial charge in [-0.25, -0.2) is 0 Å². The smallest absolute Gasteiger partial charge is 0.317 e. The summed E-state index contributed by atoms with van der Waals surface area (Å²) in [5.41, 5.74) is 1.04. The zero-order valence-corrected chi connectivity index (χ0v) is 12.1. The molecule has 1 saturated carbocycles. The van der Waals surface area contributed by atoms with Crippen LogP contribution in [0.25, 0.3) is 0 Å². The molecule has 0 aromatic heterocycles. The fourth-order valence-electron chi connectivity index (χ4n) is 2.64. The van der Waals surface area contributed by atoms with Crippen LogP contribution in [-0.4, -0.2) is 25.2 Å². The summed E-state index contributed by atoms with van der Waals surface area (Å²) < 4.78 is 10.2. The van der Waals surface area contributed by atoms with Crippen molar-refractivity contribution >= 4 is 11.9 Å². The number of hydrogen-bond donors (Lipinski definition) is 0. The molecule has 2 rings (SSSR count). The van der Waals surface area contributed by atoms with Gasteiger partial charge < -0.3 is 9.47 Å². The van der Waals surface area contributed by atoms with E-state index in [-0.39, 0.29) is 11.9 Å². The van der Waals surface area contributed by atoms with Crippen molar-refractivity contribution in [2.75, 3.05) is 13.2 Å². The fourth-order valence-corrected chi connectivity index (χ4v) is 2.64. The van der Waals surface area contributed by atoms with Crippen LogP contribution in [0.1, 0.15) is 31.4 Å². The van der Waals surface area contributed by atoms with Crippen LogP contribution in [0.3, 0.4) is 0 Å². The Bertz CT molecular complexity index is 523. The van der Waals surface area contributed by atoms with Gasteiger partial charge in [0.2, 0.25) is 0 Å². The van der Waals surface area contributed by atoms with Crippen molar-refractivity contribution in [3.8, 4) is 0 Å². The summed E-state index contributed by atoms with van der Waals surface area (Å²) in [5, 5.41) is 0. The summed E-state index contributed by atoms with van der Waals surface area (Å²) in [6.45, 7) is 6.12. The first-order chi connectivity index (χ1) is 9.56. The maximum absolute atomic E-state index is 12.3. The van der Waals surface area contributed by atoms with E-state index in [1.807, 2.05) is 31.2 Å². The van der Waals surface area contributed by atoms with Gasteiger partial charge in [-0.2, -0.15) is 0 Å². The molecule has 0 spiro atoms. The quantitative estimate of drug-likeness (QED) is 0.775. The molecule has 1 fully saturated rings. The topological polar surface area (TPSA) is 52.6 Å². The zero-order valence-electron chi connectivity index (χ0n) is 12.1. The van der Waals surface area contributed by atoms with Crippen LogP contribution in [0.15, 0.2) is 24.3 Å². The molecule has 0 saturated heterocycles. The van der Waals surface area contributed by atoms with Crippen molar-refractivity contribution in [2.45, 2.75) is 32.6 Å². The molecular formula is C16H20O4. The first-order valence-electron chi connectivity index (χ1n) is 6.97. The van der Waals surface area contributed by atoms with E-state index in [4.69, 9.17) is 9.47 Å². The molecule has 108 valence electrons. The van der Waals surface area contributed by atoms with Crippen LogP contribution < -0.4 is 0 Å². The predicted molar refractivity (Wildman–Crippen MR) is 74.2 cm³/mol. The Balaban J connectivity index is 2.33. The molecule has 0 heterocycles. The third-order valence-electron chi connectivity index (χ3n) is 3.70. The monoisotopic (exact) mass is 276 g/mol. The predicted octanol–water partition coefficient (Wildman–Crippen LogP) is 2.38. The van der Waals surface area contributed by atoms with Gasteiger partial charge in [-0.15, -0.1) is 0 Å². The summed E-state index contributed by atoms with van der Waals surface area (Å²) in [7, 11) is 0. The molecule has 0 N–H and O–H groups in total. The molecule has 0 aliphatic heterocycles. The minimum atomic E-state index is -0.853. The molecule has 1 aromatic carbocycles. The van der Waals surface area contributed by atoms with E-state index in [0.29, 0.717) is 19.6 Å². The van der Waals surface area contributed by atoms with Gasteiger partial charge in [0.25, 0.3) is 0 Å². The van der Waals surface area contributed by atoms with Crippen LogP contribution >= 0.6 is 0 Å². The Morgan fingerprint density at radius 3 is 2.55 bits per heavy atom. The van der Waals surface area contributed by atoms with Crippen molar-refractivity contribution < 1.29 is 19.1 Å². The van der Waals surface area contributed by atoms with Gasteiger partial charge in [0, 0.05) is 0 Å². The van der Waals surface area contributed by atoms with Gasteiger partial charge in [-0.1, -0.05) is 29.8 Å². The van der Waals surface area contributed by atoms with Crippen molar-refractivity contribution in [3.63, 3.8) is 0 Å². The van der Waals surface area contributed by atoms with E-state index in [9.17, 15) is 9.59 Å². The molecule has 20 heavy (non-hydrogen) atoms. The Kier molecular flexibility index (Phi) is 4.12. The number of rotatable bonds is 5. The number of carbonyl (C=O) groups excluding carboxylic acids is 2. The molecular weight excluding hydrogens is 256 g/mol. The highest BCUT2D eigenvalue weighted by Gasteiger charge is 2.66. The third-order valence-corrected chi connectivity index (χ3v) is 3.70. The van der Waals surface area contributed by atoms with E-state index < -0.39 is 11.3 Å². The van der Waals surface area contributed by atoms with Crippen LogP contribution in [0, 0.1) is 12.8 Å². The Hall–Kier alpha value is -1.84. The van der Waals surface area contributed by atoms with Gasteiger partial charge in [-0.05, 0) is 32.8 Å². The van der Waals surface area contributed by atoms with Crippen molar-refractivity contribution in [1.29, 1.82) is 0 Å². The SMILES string of the molecule is CCOC(=O)[C@H]1C[C@]1(C(=O)OCC)c1cccc(C)c1. The molecule has 1 aliphatic rings. The molecule has 1 aromatic rings. The lowest BCUT2D eigenvalue weighted by atomic mass is 9.92. The standard InChI is InChI=1S/C16H20O4/c1-4-19-14(17)13-10-16(13,15(18)20-5-2)12-8-6-7-11(3)9-12/h6-9,13H,4-5,10H2,1-3H3/t13-,16+/m1/s1. The average molecular weight is 276 g/mol. The number of ether oxygens (including phenoxy) is 2. The van der Waals surface area contributed by atoms with Crippen molar-refractivity contribution in [1.82, 2.24) is 0 Å². The Labute approximate surface area is 119 Å². The van der Waals surface area contributed by atoms with Crippen molar-refractivity contribution in [3.05, 3.63) is 35.4 Å². The summed E-state index contributed by atoms with van der Waals surface area (Å²) in [6, 6.07) is 7.68. The van der Waals surface area contributed by atoms with Crippen molar-refractivity contribution in [2.24, 2.45) is 5.92 Å². The van der Waals surface area contributed by atoms with Gasteiger partial charge >= 0.3 is 11.9 Å². The number of hydrogen-bond acceptors (Lipinski definition) is 4. The Morgan fingerprint density at radius 1 is 1.25 bits per heavy atom. The maximum atomic E-state index is 12.3. The molecule has 0 unspecified atom stereocenters. The fraction of sp³-hybridized carbons (Fsp3) is 0.500. The van der Waals surface area contributed by atoms with E-state index >= 15 is 0 Å². The van der Waals surface area contributed by atoms with Gasteiger partial charge in [-0.3, -0.25) is 9.59 Å². The largest absolute Gasteiger partial charge is 0.466 e. The molecule has 4 heteroatoms. The van der Waals surface area contributed by atoms with Crippen LogP contribution in [0.2, 0.25) is 0 Å². The van der Waals surface area contributed by atoms with Crippen LogP contribution in [0.4, 0.5) is 0 Å². The normalized spacial score (nSPS) is 24.1. The van der Waals surface area contributed by atoms with Gasteiger partial charge in [0.1, 0.15) is 5.41 Å². The molecule has 2 atom stereocenters. The second-order valence-corrected chi connectivity index (χ2v) is 5.07. The molecule has 0 amide bonds. The lowest BCUT2D eigenvalue weighted by Crippen LogP contribution is -2.28. The highest BCUT2D eigenvalue weighted by Crippen LogP contribution is 2.56. The number of esters is 2.